The molecule has 1 amide bonds. The van der Waals surface area contributed by atoms with Crippen LogP contribution in [-0.2, 0) is 11.8 Å². The molecule has 3 rings (SSSR count). The number of likely N-dealkylation sites (tertiary alicyclic amines) is 1. The molecule has 0 spiro atoms. The molecule has 2 fully saturated rings. The maximum atomic E-state index is 12.9. The SMILES string of the molecule is Cn1ccnc1C(O)C1CCCN(C(=O)C2CCCCCC2)C1. The van der Waals surface area contributed by atoms with E-state index in [9.17, 15) is 9.90 Å². The van der Waals surface area contributed by atoms with Gasteiger partial charge in [-0.1, -0.05) is 25.7 Å². The zero-order valence-electron chi connectivity index (χ0n) is 14.2. The van der Waals surface area contributed by atoms with Crippen LogP contribution in [0.4, 0.5) is 0 Å². The van der Waals surface area contributed by atoms with Crippen LogP contribution < -0.4 is 0 Å². The van der Waals surface area contributed by atoms with Crippen LogP contribution in [0.1, 0.15) is 63.3 Å². The zero-order chi connectivity index (χ0) is 16.2. The summed E-state index contributed by atoms with van der Waals surface area (Å²) >= 11 is 0. The van der Waals surface area contributed by atoms with Crippen molar-refractivity contribution < 1.29 is 9.90 Å². The molecule has 1 aromatic rings. The fourth-order valence-corrected chi connectivity index (χ4v) is 4.13. The fraction of sp³-hybridized carbons (Fsp3) is 0.778. The van der Waals surface area contributed by atoms with Crippen molar-refractivity contribution in [1.82, 2.24) is 14.5 Å². The Morgan fingerprint density at radius 3 is 2.61 bits per heavy atom. The number of aromatic nitrogens is 2. The summed E-state index contributed by atoms with van der Waals surface area (Å²) in [6.45, 7) is 1.52. The number of nitrogens with zero attached hydrogens (tertiary/aromatic N) is 3. The number of amides is 1. The minimum atomic E-state index is -0.584. The summed E-state index contributed by atoms with van der Waals surface area (Å²) in [5, 5.41) is 10.6. The summed E-state index contributed by atoms with van der Waals surface area (Å²) in [5.41, 5.74) is 0. The van der Waals surface area contributed by atoms with Crippen molar-refractivity contribution in [3.8, 4) is 0 Å². The highest BCUT2D eigenvalue weighted by Crippen LogP contribution is 2.31. The average Bonchev–Trinajstić information content (AvgIpc) is 2.84. The molecule has 1 saturated carbocycles. The van der Waals surface area contributed by atoms with Gasteiger partial charge in [0.05, 0.1) is 0 Å². The number of hydrogen-bond acceptors (Lipinski definition) is 3. The number of aliphatic hydroxyl groups excluding tert-OH is 1. The fourth-order valence-electron chi connectivity index (χ4n) is 4.13. The molecule has 1 N–H and O–H groups in total. The molecule has 2 unspecified atom stereocenters. The minimum Gasteiger partial charge on any atom is -0.385 e. The molecule has 2 heterocycles. The molecule has 5 heteroatoms. The Labute approximate surface area is 138 Å². The van der Waals surface area contributed by atoms with Gasteiger partial charge in [0.25, 0.3) is 0 Å². The van der Waals surface area contributed by atoms with E-state index >= 15 is 0 Å². The van der Waals surface area contributed by atoms with E-state index in [-0.39, 0.29) is 11.8 Å². The van der Waals surface area contributed by atoms with Gasteiger partial charge in [-0.25, -0.2) is 4.98 Å². The highest BCUT2D eigenvalue weighted by Gasteiger charge is 2.33. The van der Waals surface area contributed by atoms with E-state index in [1.807, 2.05) is 22.7 Å². The number of aryl methyl sites for hydroxylation is 1. The summed E-state index contributed by atoms with van der Waals surface area (Å²) in [6.07, 6.45) is 11.9. The first-order valence-electron chi connectivity index (χ1n) is 9.11. The first-order chi connectivity index (χ1) is 11.2. The molecule has 1 aliphatic heterocycles. The second kappa shape index (κ2) is 7.47. The van der Waals surface area contributed by atoms with E-state index in [0.29, 0.717) is 18.3 Å². The molecule has 1 aliphatic carbocycles. The second-order valence-electron chi connectivity index (χ2n) is 7.22. The van der Waals surface area contributed by atoms with Crippen LogP contribution in [0.15, 0.2) is 12.4 Å². The highest BCUT2D eigenvalue weighted by molar-refractivity contribution is 5.79. The summed E-state index contributed by atoms with van der Waals surface area (Å²) in [5.74, 6) is 1.34. The summed E-state index contributed by atoms with van der Waals surface area (Å²) in [4.78, 5) is 19.1. The lowest BCUT2D eigenvalue weighted by Crippen LogP contribution is -2.44. The molecule has 23 heavy (non-hydrogen) atoms. The maximum Gasteiger partial charge on any atom is 0.225 e. The number of imidazole rings is 1. The molecular weight excluding hydrogens is 290 g/mol. The van der Waals surface area contributed by atoms with Crippen molar-refractivity contribution in [3.63, 3.8) is 0 Å². The lowest BCUT2D eigenvalue weighted by Gasteiger charge is -2.36. The molecule has 1 saturated heterocycles. The Hall–Kier alpha value is -1.36. The van der Waals surface area contributed by atoms with Gasteiger partial charge >= 0.3 is 0 Å². The molecule has 128 valence electrons. The Morgan fingerprint density at radius 2 is 1.96 bits per heavy atom. The number of piperidine rings is 1. The average molecular weight is 319 g/mol. The van der Waals surface area contributed by atoms with E-state index < -0.39 is 6.10 Å². The molecule has 0 radical (unpaired) electrons. The third-order valence-corrected chi connectivity index (χ3v) is 5.54. The topological polar surface area (TPSA) is 58.4 Å². The second-order valence-corrected chi connectivity index (χ2v) is 7.22. The van der Waals surface area contributed by atoms with Crippen molar-refractivity contribution in [3.05, 3.63) is 18.2 Å². The summed E-state index contributed by atoms with van der Waals surface area (Å²) in [7, 11) is 1.91. The number of rotatable bonds is 3. The lowest BCUT2D eigenvalue weighted by molar-refractivity contribution is -0.138. The van der Waals surface area contributed by atoms with Gasteiger partial charge in [-0.15, -0.1) is 0 Å². The van der Waals surface area contributed by atoms with Gasteiger partial charge in [-0.3, -0.25) is 4.79 Å². The van der Waals surface area contributed by atoms with Crippen LogP contribution in [0.3, 0.4) is 0 Å². The zero-order valence-corrected chi connectivity index (χ0v) is 14.2. The molecule has 0 aromatic carbocycles. The summed E-state index contributed by atoms with van der Waals surface area (Å²) < 4.78 is 1.87. The van der Waals surface area contributed by atoms with E-state index in [1.54, 1.807) is 6.20 Å². The van der Waals surface area contributed by atoms with E-state index in [1.165, 1.54) is 25.7 Å². The van der Waals surface area contributed by atoms with Gasteiger partial charge < -0.3 is 14.6 Å². The lowest BCUT2D eigenvalue weighted by atomic mass is 9.90. The molecule has 0 bridgehead atoms. The van der Waals surface area contributed by atoms with Gasteiger partial charge in [0.15, 0.2) is 0 Å². The standard InChI is InChI=1S/C18H29N3O2/c1-20-12-10-19-17(20)16(22)15-9-6-11-21(13-15)18(23)14-7-4-2-3-5-8-14/h10,12,14-16,22H,2-9,11,13H2,1H3. The quantitative estimate of drug-likeness (QED) is 0.871. The maximum absolute atomic E-state index is 12.9. The van der Waals surface area contributed by atoms with Crippen LogP contribution in [0.5, 0.6) is 0 Å². The molecule has 2 atom stereocenters. The van der Waals surface area contributed by atoms with Crippen molar-refractivity contribution in [2.45, 2.75) is 57.5 Å². The Balaban J connectivity index is 1.63. The molecule has 2 aliphatic rings. The molecule has 1 aromatic heterocycles. The largest absolute Gasteiger partial charge is 0.385 e. The Morgan fingerprint density at radius 1 is 1.22 bits per heavy atom. The number of hydrogen-bond donors (Lipinski definition) is 1. The molecule has 5 nitrogen and oxygen atoms in total. The highest BCUT2D eigenvalue weighted by atomic mass is 16.3. The third kappa shape index (κ3) is 3.77. The predicted octanol–water partition coefficient (Wildman–Crippen LogP) is 2.66. The smallest absolute Gasteiger partial charge is 0.225 e. The number of aliphatic hydroxyl groups is 1. The van der Waals surface area contributed by atoms with Gasteiger partial charge in [0, 0.05) is 44.4 Å². The Bertz CT molecular complexity index is 520. The van der Waals surface area contributed by atoms with E-state index in [0.717, 1.165) is 32.2 Å². The normalized spacial score (nSPS) is 25.1. The molecular formula is C18H29N3O2. The predicted molar refractivity (Wildman–Crippen MR) is 88.7 cm³/mol. The van der Waals surface area contributed by atoms with Crippen molar-refractivity contribution >= 4 is 5.91 Å². The first-order valence-corrected chi connectivity index (χ1v) is 9.11. The number of carbonyl (C=O) groups is 1. The monoisotopic (exact) mass is 319 g/mol. The van der Waals surface area contributed by atoms with Gasteiger partial charge in [0.2, 0.25) is 5.91 Å². The minimum absolute atomic E-state index is 0.0968. The van der Waals surface area contributed by atoms with Crippen LogP contribution in [-0.4, -0.2) is 38.6 Å². The van der Waals surface area contributed by atoms with Crippen LogP contribution in [0.2, 0.25) is 0 Å². The van der Waals surface area contributed by atoms with Crippen LogP contribution in [0.25, 0.3) is 0 Å². The van der Waals surface area contributed by atoms with Gasteiger partial charge in [-0.05, 0) is 25.7 Å². The van der Waals surface area contributed by atoms with Gasteiger partial charge in [0.1, 0.15) is 11.9 Å². The van der Waals surface area contributed by atoms with Gasteiger partial charge in [-0.2, -0.15) is 0 Å². The van der Waals surface area contributed by atoms with E-state index in [4.69, 9.17) is 0 Å². The van der Waals surface area contributed by atoms with Crippen molar-refractivity contribution in [1.29, 1.82) is 0 Å². The van der Waals surface area contributed by atoms with Crippen LogP contribution in [0, 0.1) is 11.8 Å². The first kappa shape index (κ1) is 16.5. The Kier molecular flexibility index (Phi) is 5.36. The number of carbonyl (C=O) groups excluding carboxylic acids is 1. The van der Waals surface area contributed by atoms with Crippen molar-refractivity contribution in [2.75, 3.05) is 13.1 Å². The third-order valence-electron chi connectivity index (χ3n) is 5.54. The summed E-state index contributed by atoms with van der Waals surface area (Å²) in [6, 6.07) is 0. The van der Waals surface area contributed by atoms with Crippen molar-refractivity contribution in [2.24, 2.45) is 18.9 Å². The van der Waals surface area contributed by atoms with E-state index in [2.05, 4.69) is 4.98 Å². The van der Waals surface area contributed by atoms with Crippen LogP contribution >= 0.6 is 0 Å².